The van der Waals surface area contributed by atoms with Crippen molar-refractivity contribution in [3.8, 4) is 0 Å². The molecule has 0 radical (unpaired) electrons. The number of rotatable bonds is 3. The summed E-state index contributed by atoms with van der Waals surface area (Å²) >= 11 is 0. The van der Waals surface area contributed by atoms with Crippen LogP contribution in [0.25, 0.3) is 0 Å². The summed E-state index contributed by atoms with van der Waals surface area (Å²) in [5, 5.41) is 5.87. The lowest BCUT2D eigenvalue weighted by Crippen LogP contribution is -2.59. The minimum absolute atomic E-state index is 0.666. The van der Waals surface area contributed by atoms with Crippen molar-refractivity contribution in [2.45, 2.75) is 13.3 Å². The van der Waals surface area contributed by atoms with Gasteiger partial charge in [-0.15, -0.1) is 5.11 Å². The molecule has 0 amide bonds. The zero-order valence-electron chi connectivity index (χ0n) is 5.27. The van der Waals surface area contributed by atoms with E-state index in [1.807, 2.05) is 6.92 Å². The zero-order valence-corrected chi connectivity index (χ0v) is 5.27. The van der Waals surface area contributed by atoms with E-state index >= 15 is 0 Å². The van der Waals surface area contributed by atoms with Gasteiger partial charge in [-0.1, -0.05) is 13.5 Å². The Morgan fingerprint density at radius 3 is 2.88 bits per heavy atom. The van der Waals surface area contributed by atoms with Gasteiger partial charge in [-0.05, 0) is 0 Å². The van der Waals surface area contributed by atoms with E-state index < -0.39 is 0 Å². The van der Waals surface area contributed by atoms with E-state index in [1.54, 1.807) is 7.05 Å². The van der Waals surface area contributed by atoms with E-state index in [2.05, 4.69) is 21.8 Å². The molecule has 0 bridgehead atoms. The second-order valence-electron chi connectivity index (χ2n) is 1.30. The molecule has 0 saturated carbocycles. The number of nitrogens with zero attached hydrogens (tertiary/aromatic N) is 1. The van der Waals surface area contributed by atoms with Crippen LogP contribution >= 0.6 is 0 Å². The van der Waals surface area contributed by atoms with Crippen LogP contribution in [0.4, 0.5) is 0 Å². The topological polar surface area (TPSA) is 35.6 Å². The van der Waals surface area contributed by atoms with Crippen molar-refractivity contribution in [1.82, 2.24) is 0 Å². The highest BCUT2D eigenvalue weighted by Gasteiger charge is 1.86. The van der Waals surface area contributed by atoms with Crippen molar-refractivity contribution >= 4 is 0 Å². The summed E-state index contributed by atoms with van der Waals surface area (Å²) in [5.41, 5.74) is 0. The molecule has 46 valence electrons. The molecule has 8 heavy (non-hydrogen) atoms. The van der Waals surface area contributed by atoms with Crippen LogP contribution in [-0.2, 0) is 4.84 Å². The molecule has 0 aromatic heterocycles. The highest BCUT2D eigenvalue weighted by atomic mass is 16.6. The minimum Gasteiger partial charge on any atom is -0.313 e. The van der Waals surface area contributed by atoms with Crippen molar-refractivity contribution in [1.29, 1.82) is 0 Å². The van der Waals surface area contributed by atoms with Gasteiger partial charge in [-0.25, -0.2) is 0 Å². The van der Waals surface area contributed by atoms with Gasteiger partial charge in [0, 0.05) is 6.42 Å². The van der Waals surface area contributed by atoms with Gasteiger partial charge in [0.1, 0.15) is 5.76 Å². The molecule has 0 rings (SSSR count). The first kappa shape index (κ1) is 7.14. The maximum absolute atomic E-state index is 4.66. The lowest BCUT2D eigenvalue weighted by Gasteiger charge is -1.89. The fraction of sp³-hybridized carbons (Fsp3) is 0.600. The molecule has 0 aliphatic carbocycles. The van der Waals surface area contributed by atoms with Crippen LogP contribution in [0.3, 0.4) is 0 Å². The average molecular weight is 115 g/mol. The van der Waals surface area contributed by atoms with Gasteiger partial charge < -0.3 is 4.84 Å². The first-order valence-electron chi connectivity index (χ1n) is 2.52. The maximum atomic E-state index is 4.66. The monoisotopic (exact) mass is 115 g/mol. The summed E-state index contributed by atoms with van der Waals surface area (Å²) < 4.78 is 0. The summed E-state index contributed by atoms with van der Waals surface area (Å²) in [6.45, 7) is 5.51. The molecule has 0 atom stereocenters. The summed E-state index contributed by atoms with van der Waals surface area (Å²) in [6.07, 6.45) is 0.797. The van der Waals surface area contributed by atoms with Crippen molar-refractivity contribution in [3.63, 3.8) is 0 Å². The normalized spacial score (nSPS) is 9.75. The summed E-state index contributed by atoms with van der Waals surface area (Å²) in [7, 11) is 1.67. The summed E-state index contributed by atoms with van der Waals surface area (Å²) in [5.74, 6) is 0.666. The second-order valence-corrected chi connectivity index (χ2v) is 1.30. The third kappa shape index (κ3) is 3.33. The van der Waals surface area contributed by atoms with Crippen LogP contribution in [0.1, 0.15) is 13.3 Å². The Morgan fingerprint density at radius 2 is 2.50 bits per heavy atom. The van der Waals surface area contributed by atoms with Crippen molar-refractivity contribution in [2.75, 3.05) is 7.05 Å². The molecule has 0 heterocycles. The lowest BCUT2D eigenvalue weighted by atomic mass is 10.4. The Bertz CT molecular complexity index is 98.6. The third-order valence-electron chi connectivity index (χ3n) is 0.660. The van der Waals surface area contributed by atoms with Gasteiger partial charge in [0.05, 0.1) is 0 Å². The second kappa shape index (κ2) is 4.30. The Morgan fingerprint density at radius 1 is 1.88 bits per heavy atom. The van der Waals surface area contributed by atoms with Crippen LogP contribution in [0.15, 0.2) is 17.6 Å². The molecule has 0 aliphatic rings. The lowest BCUT2D eigenvalue weighted by molar-refractivity contribution is -0.530. The van der Waals surface area contributed by atoms with E-state index in [9.17, 15) is 0 Å². The molecular formula is C5H11N2O+. The number of allylic oxidation sites excluding steroid dienone is 1. The Kier molecular flexibility index (Phi) is 3.84. The van der Waals surface area contributed by atoms with Gasteiger partial charge in [-0.2, -0.15) is 0 Å². The summed E-state index contributed by atoms with van der Waals surface area (Å²) in [4.78, 5) is 4.66. The minimum atomic E-state index is 0.666. The quantitative estimate of drug-likeness (QED) is 0.314. The van der Waals surface area contributed by atoms with E-state index in [1.165, 1.54) is 0 Å². The van der Waals surface area contributed by atoms with Crippen LogP contribution < -0.4 is 5.11 Å². The third-order valence-corrected chi connectivity index (χ3v) is 0.660. The number of hydrogen-bond acceptors (Lipinski definition) is 2. The van der Waals surface area contributed by atoms with Gasteiger partial charge in [0.25, 0.3) is 0 Å². The predicted octanol–water partition coefficient (Wildman–Crippen LogP) is 0.00430. The van der Waals surface area contributed by atoms with Gasteiger partial charge in [-0.3, -0.25) is 0 Å². The molecular weight excluding hydrogens is 104 g/mol. The fourth-order valence-corrected chi connectivity index (χ4v) is 0.175. The van der Waals surface area contributed by atoms with Crippen LogP contribution in [0.2, 0.25) is 0 Å². The van der Waals surface area contributed by atoms with Crippen molar-refractivity contribution < 1.29 is 9.95 Å². The standard InChI is InChI=1S/C5H10N2O/c1-4-5(2)8-7-6-3/h2,4H2,1,3H3/p+1. The molecule has 3 nitrogen and oxygen atoms in total. The van der Waals surface area contributed by atoms with E-state index in [-0.39, 0.29) is 0 Å². The van der Waals surface area contributed by atoms with Crippen LogP contribution in [0, 0.1) is 0 Å². The van der Waals surface area contributed by atoms with Gasteiger partial charge in [0.2, 0.25) is 0 Å². The highest BCUT2D eigenvalue weighted by Crippen LogP contribution is 1.95. The zero-order chi connectivity index (χ0) is 6.41. The average Bonchev–Trinajstić information content (AvgIpc) is 1.83. The van der Waals surface area contributed by atoms with E-state index in [4.69, 9.17) is 0 Å². The largest absolute Gasteiger partial charge is 0.313 e. The van der Waals surface area contributed by atoms with Crippen LogP contribution in [0.5, 0.6) is 0 Å². The first-order chi connectivity index (χ1) is 3.81. The van der Waals surface area contributed by atoms with Gasteiger partial charge in [0.15, 0.2) is 12.3 Å². The molecule has 0 aromatic rings. The van der Waals surface area contributed by atoms with E-state index in [0.717, 1.165) is 6.42 Å². The Labute approximate surface area is 49.0 Å². The number of hydrogen-bond donors (Lipinski definition) is 1. The molecule has 1 N–H and O–H groups in total. The number of nitrogens with one attached hydrogen (secondary N) is 1. The molecule has 0 spiro atoms. The van der Waals surface area contributed by atoms with E-state index in [0.29, 0.717) is 5.76 Å². The fourth-order valence-electron chi connectivity index (χ4n) is 0.175. The SMILES string of the molecule is C=C(CC)ON=[NH+]C. The smallest absolute Gasteiger partial charge is 0.189 e. The molecule has 0 saturated heterocycles. The summed E-state index contributed by atoms with van der Waals surface area (Å²) in [6, 6.07) is 0. The predicted molar refractivity (Wildman–Crippen MR) is 29.8 cm³/mol. The highest BCUT2D eigenvalue weighted by molar-refractivity contribution is 4.77. The Balaban J connectivity index is 3.25. The molecule has 0 fully saturated rings. The molecule has 0 aromatic carbocycles. The molecule has 0 aliphatic heterocycles. The maximum Gasteiger partial charge on any atom is 0.189 e. The van der Waals surface area contributed by atoms with Crippen molar-refractivity contribution in [3.05, 3.63) is 12.3 Å². The molecule has 3 heteroatoms. The van der Waals surface area contributed by atoms with Crippen molar-refractivity contribution in [2.24, 2.45) is 5.28 Å². The molecule has 0 unspecified atom stereocenters. The van der Waals surface area contributed by atoms with Gasteiger partial charge >= 0.3 is 0 Å². The Hall–Kier alpha value is -0.860. The first-order valence-corrected chi connectivity index (χ1v) is 2.52. The van der Waals surface area contributed by atoms with Crippen LogP contribution in [-0.4, -0.2) is 7.05 Å².